The highest BCUT2D eigenvalue weighted by Gasteiger charge is 2.41. The van der Waals surface area contributed by atoms with Crippen molar-refractivity contribution in [1.29, 1.82) is 0 Å². The Morgan fingerprint density at radius 2 is 1.53 bits per heavy atom. The van der Waals surface area contributed by atoms with E-state index in [0.29, 0.717) is 137 Å². The number of carbonyl (C=O) groups is 5. The molecule has 5 aromatic rings. The summed E-state index contributed by atoms with van der Waals surface area (Å²) in [5.74, 6) is 0.871. The van der Waals surface area contributed by atoms with Crippen molar-refractivity contribution >= 4 is 75.2 Å². The average molecular weight is 1170 g/mol. The largest absolute Gasteiger partial charge is 0.495 e. The number of aromatic nitrogens is 6. The summed E-state index contributed by atoms with van der Waals surface area (Å²) in [6.45, 7) is 11.5. The van der Waals surface area contributed by atoms with E-state index in [1.54, 1.807) is 77.1 Å². The Kier molecular flexibility index (Phi) is 22.5. The number of fused-ring (bicyclic) bond motifs is 2. The monoisotopic (exact) mass is 1170 g/mol. The molecule has 3 aromatic heterocycles. The molecule has 0 bridgehead atoms. The summed E-state index contributed by atoms with van der Waals surface area (Å²) in [6, 6.07) is 8.48. The van der Waals surface area contributed by atoms with Gasteiger partial charge in [-0.15, -0.1) is 0 Å². The van der Waals surface area contributed by atoms with Gasteiger partial charge in [-0.25, -0.2) is 19.6 Å². The van der Waals surface area contributed by atoms with Crippen molar-refractivity contribution in [3.63, 3.8) is 0 Å². The lowest BCUT2D eigenvalue weighted by atomic mass is 9.98. The molecule has 85 heavy (non-hydrogen) atoms. The fraction of sp³-hybridized carbons (Fsp3) is 0.533. The number of anilines is 6. The second-order valence-electron chi connectivity index (χ2n) is 21.8. The Balaban J connectivity index is 0.664. The third kappa shape index (κ3) is 15.9. The predicted molar refractivity (Wildman–Crippen MR) is 324 cm³/mol. The number of piperidine rings is 1. The zero-order valence-electron chi connectivity index (χ0n) is 50.4. The molecule has 0 radical (unpaired) electrons. The number of likely N-dealkylation sites (tertiary alicyclic amines) is 1. The van der Waals surface area contributed by atoms with Crippen molar-refractivity contribution in [2.45, 2.75) is 90.3 Å². The van der Waals surface area contributed by atoms with Crippen molar-refractivity contribution in [2.75, 3.05) is 147 Å². The number of hydrogen-bond donors (Lipinski definition) is 4. The third-order valence-corrected chi connectivity index (χ3v) is 15.8. The van der Waals surface area contributed by atoms with Gasteiger partial charge < -0.3 is 69.9 Å². The topological polar surface area (TPSA) is 279 Å². The summed E-state index contributed by atoms with van der Waals surface area (Å²) in [5.41, 5.74) is 11.8. The molecule has 25 nitrogen and oxygen atoms in total. The Morgan fingerprint density at radius 3 is 2.24 bits per heavy atom. The normalized spacial score (nSPS) is 16.4. The number of amides is 5. The minimum Gasteiger partial charge on any atom is -0.495 e. The number of methoxy groups -OCH3 is 1. The molecule has 0 unspecified atom stereocenters. The van der Waals surface area contributed by atoms with Crippen LogP contribution in [0.15, 0.2) is 55.0 Å². The molecule has 25 heteroatoms. The molecule has 3 aliphatic rings. The third-order valence-electron chi connectivity index (χ3n) is 15.8. The lowest BCUT2D eigenvalue weighted by molar-refractivity contribution is -0.128. The number of nitrogens with zero attached hydrogens (tertiary/aromatic N) is 11. The van der Waals surface area contributed by atoms with Gasteiger partial charge in [-0.05, 0) is 94.0 Å². The van der Waals surface area contributed by atoms with Crippen LogP contribution >= 0.6 is 0 Å². The second-order valence-corrected chi connectivity index (χ2v) is 21.8. The van der Waals surface area contributed by atoms with E-state index in [1.165, 1.54) is 13.4 Å². The van der Waals surface area contributed by atoms with Crippen LogP contribution in [0.3, 0.4) is 0 Å². The number of rotatable bonds is 29. The molecule has 8 rings (SSSR count). The Bertz CT molecular complexity index is 3170. The summed E-state index contributed by atoms with van der Waals surface area (Å²) >= 11 is 0. The highest BCUT2D eigenvalue weighted by molar-refractivity contribution is 6.13. The lowest BCUT2D eigenvalue weighted by Gasteiger charge is -2.43. The molecular weight excluding hydrogens is 1090 g/mol. The molecule has 1 aliphatic carbocycles. The number of benzene rings is 2. The predicted octanol–water partition coefficient (Wildman–Crippen LogP) is 5.10. The van der Waals surface area contributed by atoms with E-state index in [9.17, 15) is 24.0 Å². The summed E-state index contributed by atoms with van der Waals surface area (Å²) in [5, 5.41) is 14.2. The number of nitrogens with one attached hydrogen (secondary N) is 3. The fourth-order valence-corrected chi connectivity index (χ4v) is 10.8. The Labute approximate surface area is 496 Å². The highest BCUT2D eigenvalue weighted by Crippen LogP contribution is 2.41. The molecular formula is C60H83N15O10. The molecule has 2 fully saturated rings. The quantitative estimate of drug-likeness (QED) is 0.0358. The van der Waals surface area contributed by atoms with Crippen molar-refractivity contribution in [3.05, 3.63) is 83.0 Å². The van der Waals surface area contributed by atoms with Gasteiger partial charge in [0.25, 0.3) is 11.8 Å². The van der Waals surface area contributed by atoms with Crippen LogP contribution in [0.25, 0.3) is 11.0 Å². The molecule has 5 amide bonds. The minimum absolute atomic E-state index is 0.0151. The SMILES string of the molecule is CC[C@@H]1C(=O)N(C)c2cnc(Nc3ccc(C(=O)NCCOCCOCCOCCOCCN(C)C/C=C/C(=O)N4CCC[C@@H](n5nc(C(=O)Nc6ccc(CC(=O)N(C)C)c(C)c6C)c6c(N)ncnc65)C4)cc3OC)nc2N1C1CCCC1. The van der Waals surface area contributed by atoms with E-state index in [-0.39, 0.29) is 59.7 Å². The van der Waals surface area contributed by atoms with Crippen LogP contribution in [-0.2, 0) is 39.8 Å². The number of hydrogen-bond acceptors (Lipinski definition) is 19. The maximum Gasteiger partial charge on any atom is 0.277 e. The van der Waals surface area contributed by atoms with E-state index >= 15 is 0 Å². The van der Waals surface area contributed by atoms with Gasteiger partial charge in [-0.3, -0.25) is 24.0 Å². The van der Waals surface area contributed by atoms with E-state index in [1.807, 2.05) is 40.0 Å². The molecule has 1 saturated heterocycles. The zero-order valence-corrected chi connectivity index (χ0v) is 50.4. The van der Waals surface area contributed by atoms with E-state index in [4.69, 9.17) is 39.5 Å². The van der Waals surface area contributed by atoms with Gasteiger partial charge in [0.05, 0.1) is 89.7 Å². The van der Waals surface area contributed by atoms with E-state index in [0.717, 1.165) is 61.0 Å². The number of nitrogens with two attached hydrogens (primary N) is 1. The average Bonchev–Trinajstić information content (AvgIpc) is 2.49. The standard InChI is InChI=1S/C60H83N15O10/c1-9-47-59(80)72(7)48-36-63-60(68-55(48)74(47)43-14-10-11-15-43)67-46-21-19-42(34-49(46)81-8)57(78)62-22-26-82-28-30-84-32-33-85-31-29-83-27-25-71(6)23-13-17-50(76)73-24-12-16-44(37-73)75-56-52(54(61)64-38-65-56)53(69-75)58(79)66-45-20-18-41(39(2)40(45)3)35-51(77)70(4)5/h13,17-21,34,36,38,43-44,47H,9-12,14-16,22-33,35,37H2,1-8H3,(H,62,78)(H,66,79)(H2,61,64,65)(H,63,67,68)/b17-13+/t44-,47-/m1/s1. The van der Waals surface area contributed by atoms with Crippen molar-refractivity contribution < 1.29 is 47.7 Å². The van der Waals surface area contributed by atoms with Gasteiger partial charge >= 0.3 is 0 Å². The van der Waals surface area contributed by atoms with Gasteiger partial charge in [-0.2, -0.15) is 10.1 Å². The zero-order chi connectivity index (χ0) is 60.6. The molecule has 2 aliphatic heterocycles. The first-order valence-electron chi connectivity index (χ1n) is 29.3. The summed E-state index contributed by atoms with van der Waals surface area (Å²) in [4.78, 5) is 93.4. The minimum atomic E-state index is -0.471. The summed E-state index contributed by atoms with van der Waals surface area (Å²) in [7, 11) is 8.71. The number of carbonyl (C=O) groups excluding carboxylic acids is 5. The summed E-state index contributed by atoms with van der Waals surface area (Å²) < 4.78 is 30.0. The molecule has 458 valence electrons. The van der Waals surface area contributed by atoms with Crippen LogP contribution in [0, 0.1) is 13.8 Å². The maximum atomic E-state index is 13.9. The van der Waals surface area contributed by atoms with Crippen LogP contribution in [0.5, 0.6) is 5.75 Å². The molecule has 5 N–H and O–H groups in total. The smallest absolute Gasteiger partial charge is 0.277 e. The van der Waals surface area contributed by atoms with Crippen LogP contribution in [0.4, 0.5) is 34.6 Å². The fourth-order valence-electron chi connectivity index (χ4n) is 10.8. The summed E-state index contributed by atoms with van der Waals surface area (Å²) in [6.07, 6.45) is 13.2. The maximum absolute atomic E-state index is 13.9. The molecule has 2 aromatic carbocycles. The van der Waals surface area contributed by atoms with E-state index in [2.05, 4.69) is 40.7 Å². The number of likely N-dealkylation sites (N-methyl/N-ethyl adjacent to an activating group) is 3. The van der Waals surface area contributed by atoms with Gasteiger partial charge in [0.15, 0.2) is 17.2 Å². The van der Waals surface area contributed by atoms with Crippen molar-refractivity contribution in [1.82, 2.24) is 49.7 Å². The molecule has 5 heterocycles. The van der Waals surface area contributed by atoms with Gasteiger partial charge in [-0.1, -0.05) is 31.9 Å². The number of nitrogen functional groups attached to an aromatic ring is 1. The van der Waals surface area contributed by atoms with Crippen LogP contribution in [0.2, 0.25) is 0 Å². The lowest BCUT2D eigenvalue weighted by Crippen LogP contribution is -2.55. The van der Waals surface area contributed by atoms with Gasteiger partial charge in [0.1, 0.15) is 29.6 Å². The van der Waals surface area contributed by atoms with Gasteiger partial charge in [0.2, 0.25) is 23.7 Å². The van der Waals surface area contributed by atoms with Crippen LogP contribution in [0.1, 0.15) is 95.4 Å². The van der Waals surface area contributed by atoms with E-state index < -0.39 is 5.91 Å². The first-order valence-corrected chi connectivity index (χ1v) is 29.3. The second kappa shape index (κ2) is 30.3. The van der Waals surface area contributed by atoms with Gasteiger partial charge in [0, 0.05) is 77.2 Å². The van der Waals surface area contributed by atoms with Crippen LogP contribution in [-0.4, -0.2) is 207 Å². The van der Waals surface area contributed by atoms with Crippen molar-refractivity contribution in [3.8, 4) is 5.75 Å². The first-order chi connectivity index (χ1) is 41.1. The molecule has 2 atom stereocenters. The van der Waals surface area contributed by atoms with Crippen molar-refractivity contribution in [2.24, 2.45) is 0 Å². The highest BCUT2D eigenvalue weighted by atomic mass is 16.6. The Hall–Kier alpha value is -7.84. The molecule has 0 spiro atoms. The molecule has 1 saturated carbocycles. The Morgan fingerprint density at radius 1 is 0.835 bits per heavy atom. The van der Waals surface area contributed by atoms with Crippen LogP contribution < -0.4 is 36.2 Å². The number of ether oxygens (including phenoxy) is 5. The first kappa shape index (κ1) is 63.2.